The number of nitrogens with two attached hydrogens (primary N) is 1. The second kappa shape index (κ2) is 6.79. The van der Waals surface area contributed by atoms with Gasteiger partial charge in [-0.2, -0.15) is 0 Å². The van der Waals surface area contributed by atoms with Crippen molar-refractivity contribution in [3.63, 3.8) is 0 Å². The van der Waals surface area contributed by atoms with Crippen molar-refractivity contribution in [1.82, 2.24) is 4.90 Å². The van der Waals surface area contributed by atoms with Crippen LogP contribution in [0.5, 0.6) is 5.75 Å². The van der Waals surface area contributed by atoms with Crippen molar-refractivity contribution in [1.29, 1.82) is 0 Å². The highest BCUT2D eigenvalue weighted by Gasteiger charge is 2.50. The molecule has 7 nitrogen and oxygen atoms in total. The van der Waals surface area contributed by atoms with Crippen LogP contribution in [0.15, 0.2) is 29.3 Å². The minimum atomic E-state index is -1.07. The van der Waals surface area contributed by atoms with Crippen molar-refractivity contribution < 1.29 is 19.7 Å². The number of aliphatic hydroxyl groups is 2. The van der Waals surface area contributed by atoms with Gasteiger partial charge in [-0.3, -0.25) is 4.99 Å². The topological polar surface area (TPSA) is 101 Å². The number of thioether (sulfide) groups is 1. The van der Waals surface area contributed by atoms with E-state index in [1.165, 1.54) is 11.8 Å². The van der Waals surface area contributed by atoms with Crippen molar-refractivity contribution >= 4 is 22.6 Å². The summed E-state index contributed by atoms with van der Waals surface area (Å²) in [5.74, 6) is 0.633. The molecule has 0 amide bonds. The number of nitrogens with zero attached hydrogens (tertiary/aromatic N) is 2. The maximum atomic E-state index is 10.4. The van der Waals surface area contributed by atoms with Crippen LogP contribution in [0.25, 0.3) is 0 Å². The molecule has 1 aromatic rings. The Bertz CT molecular complexity index is 610. The molecule has 0 unspecified atom stereocenters. The minimum absolute atomic E-state index is 0.330. The molecule has 2 heterocycles. The van der Waals surface area contributed by atoms with E-state index in [4.69, 9.17) is 15.2 Å². The molecule has 1 fully saturated rings. The summed E-state index contributed by atoms with van der Waals surface area (Å²) in [5.41, 5.74) is 5.98. The quantitative estimate of drug-likeness (QED) is 0.681. The Morgan fingerprint density at radius 2 is 1.92 bits per heavy atom. The van der Waals surface area contributed by atoms with Gasteiger partial charge in [0.15, 0.2) is 5.17 Å². The minimum Gasteiger partial charge on any atom is -0.488 e. The SMILES string of the molecule is C[C@H](Oc1ccc(N)cc1)[C@H]1O[C@@H]2SC(N(C)C)=N[C@@H]2[C@@H](O)[C@@H]1O. The van der Waals surface area contributed by atoms with Gasteiger partial charge in [0.05, 0.1) is 0 Å². The molecular weight excluding hydrogens is 330 g/mol. The summed E-state index contributed by atoms with van der Waals surface area (Å²) in [7, 11) is 3.77. The average Bonchev–Trinajstić information content (AvgIpc) is 2.97. The van der Waals surface area contributed by atoms with E-state index in [9.17, 15) is 10.2 Å². The third kappa shape index (κ3) is 3.32. The van der Waals surface area contributed by atoms with Crippen LogP contribution in [0.2, 0.25) is 0 Å². The lowest BCUT2D eigenvalue weighted by Crippen LogP contribution is -2.58. The zero-order valence-electron chi connectivity index (χ0n) is 13.9. The number of nitrogen functional groups attached to an aromatic ring is 1. The first-order valence-electron chi connectivity index (χ1n) is 7.82. The van der Waals surface area contributed by atoms with E-state index in [-0.39, 0.29) is 5.44 Å². The fourth-order valence-electron chi connectivity index (χ4n) is 2.81. The van der Waals surface area contributed by atoms with E-state index in [0.29, 0.717) is 11.4 Å². The number of fused-ring (bicyclic) bond motifs is 1. The predicted molar refractivity (Wildman–Crippen MR) is 94.1 cm³/mol. The summed E-state index contributed by atoms with van der Waals surface area (Å²) in [6, 6.07) is 6.54. The van der Waals surface area contributed by atoms with Gasteiger partial charge in [-0.05, 0) is 31.2 Å². The maximum Gasteiger partial charge on any atom is 0.161 e. The molecule has 0 saturated carbocycles. The largest absolute Gasteiger partial charge is 0.488 e. The molecule has 1 aromatic carbocycles. The van der Waals surface area contributed by atoms with Gasteiger partial charge in [-0.25, -0.2) is 0 Å². The third-order valence-corrected chi connectivity index (χ3v) is 5.44. The molecule has 2 aliphatic rings. The fourth-order valence-corrected chi connectivity index (χ4v) is 3.95. The van der Waals surface area contributed by atoms with Gasteiger partial charge in [0.1, 0.15) is 41.6 Å². The molecule has 0 aromatic heterocycles. The Kier molecular flexibility index (Phi) is 4.91. The van der Waals surface area contributed by atoms with E-state index >= 15 is 0 Å². The summed E-state index contributed by atoms with van der Waals surface area (Å²) < 4.78 is 11.8. The van der Waals surface area contributed by atoms with Crippen LogP contribution in [0.3, 0.4) is 0 Å². The van der Waals surface area contributed by atoms with Gasteiger partial charge in [-0.15, -0.1) is 0 Å². The number of aliphatic hydroxyl groups excluding tert-OH is 2. The standard InChI is InChI=1S/C16H23N3O4S/c1-8(22-10-6-4-9(17)5-7-10)14-13(21)12(20)11-15(23-14)24-16(18-11)19(2)3/h4-8,11-15,20-21H,17H2,1-3H3/t8-,11+,12+,13-,14+,15+/m0/s1. The second-order valence-corrected chi connectivity index (χ2v) is 7.32. The zero-order chi connectivity index (χ0) is 17.4. The van der Waals surface area contributed by atoms with Crippen LogP contribution in [0.1, 0.15) is 6.92 Å². The molecule has 24 heavy (non-hydrogen) atoms. The summed E-state index contributed by atoms with van der Waals surface area (Å²) in [5, 5.41) is 21.6. The van der Waals surface area contributed by atoms with Crippen LogP contribution in [0.4, 0.5) is 5.69 Å². The highest BCUT2D eigenvalue weighted by molar-refractivity contribution is 8.14. The predicted octanol–water partition coefficient (Wildman–Crippen LogP) is 0.516. The summed E-state index contributed by atoms with van der Waals surface area (Å²) in [6.07, 6.45) is -3.15. The molecule has 2 aliphatic heterocycles. The summed E-state index contributed by atoms with van der Waals surface area (Å²) in [4.78, 5) is 6.31. The Labute approximate surface area is 145 Å². The number of amidine groups is 1. The maximum absolute atomic E-state index is 10.4. The summed E-state index contributed by atoms with van der Waals surface area (Å²) >= 11 is 1.45. The van der Waals surface area contributed by atoms with Gasteiger partial charge >= 0.3 is 0 Å². The number of benzene rings is 1. The second-order valence-electron chi connectivity index (χ2n) is 6.26. The number of aliphatic imine (C=N–C) groups is 1. The van der Waals surface area contributed by atoms with Gasteiger partial charge in [0.2, 0.25) is 0 Å². The molecule has 0 spiro atoms. The van der Waals surface area contributed by atoms with Gasteiger partial charge < -0.3 is 30.3 Å². The lowest BCUT2D eigenvalue weighted by Gasteiger charge is -2.40. The molecule has 3 rings (SSSR count). The average molecular weight is 353 g/mol. The van der Waals surface area contributed by atoms with Crippen LogP contribution in [-0.4, -0.2) is 70.3 Å². The van der Waals surface area contributed by atoms with E-state index in [1.54, 1.807) is 24.3 Å². The van der Waals surface area contributed by atoms with E-state index < -0.39 is 30.5 Å². The first-order chi connectivity index (χ1) is 11.4. The number of hydrogen-bond acceptors (Lipinski definition) is 8. The van der Waals surface area contributed by atoms with Crippen molar-refractivity contribution in [2.45, 2.75) is 42.8 Å². The van der Waals surface area contributed by atoms with Crippen molar-refractivity contribution in [2.75, 3.05) is 19.8 Å². The Hall–Kier alpha value is -1.48. The van der Waals surface area contributed by atoms with E-state index in [2.05, 4.69) is 4.99 Å². The van der Waals surface area contributed by atoms with E-state index in [1.807, 2.05) is 25.9 Å². The molecular formula is C16H23N3O4S. The molecule has 4 N–H and O–H groups in total. The third-order valence-electron chi connectivity index (χ3n) is 4.13. The molecule has 0 bridgehead atoms. The van der Waals surface area contributed by atoms with Gasteiger partial charge in [0, 0.05) is 19.8 Å². The smallest absolute Gasteiger partial charge is 0.161 e. The molecule has 0 radical (unpaired) electrons. The van der Waals surface area contributed by atoms with Crippen molar-refractivity contribution in [3.05, 3.63) is 24.3 Å². The summed E-state index contributed by atoms with van der Waals surface area (Å²) in [6.45, 7) is 1.81. The lowest BCUT2D eigenvalue weighted by atomic mass is 9.95. The number of ether oxygens (including phenoxy) is 2. The van der Waals surface area contributed by atoms with Crippen molar-refractivity contribution in [3.8, 4) is 5.75 Å². The Balaban J connectivity index is 1.70. The number of rotatable bonds is 3. The van der Waals surface area contributed by atoms with Crippen molar-refractivity contribution in [2.24, 2.45) is 4.99 Å². The van der Waals surface area contributed by atoms with Crippen LogP contribution in [0, 0.1) is 0 Å². The zero-order valence-corrected chi connectivity index (χ0v) is 14.7. The van der Waals surface area contributed by atoms with Crippen LogP contribution < -0.4 is 10.5 Å². The molecule has 6 atom stereocenters. The van der Waals surface area contributed by atoms with Crippen LogP contribution in [-0.2, 0) is 4.74 Å². The molecule has 8 heteroatoms. The Morgan fingerprint density at radius 1 is 1.25 bits per heavy atom. The molecule has 132 valence electrons. The van der Waals surface area contributed by atoms with Crippen LogP contribution >= 0.6 is 11.8 Å². The Morgan fingerprint density at radius 3 is 2.54 bits per heavy atom. The fraction of sp³-hybridized carbons (Fsp3) is 0.562. The highest BCUT2D eigenvalue weighted by Crippen LogP contribution is 2.38. The first-order valence-corrected chi connectivity index (χ1v) is 8.70. The monoisotopic (exact) mass is 353 g/mol. The van der Waals surface area contributed by atoms with Gasteiger partial charge in [-0.1, -0.05) is 11.8 Å². The molecule has 0 aliphatic carbocycles. The first kappa shape index (κ1) is 17.3. The number of anilines is 1. The van der Waals surface area contributed by atoms with Gasteiger partial charge in [0.25, 0.3) is 0 Å². The molecule has 1 saturated heterocycles. The highest BCUT2D eigenvalue weighted by atomic mass is 32.2. The lowest BCUT2D eigenvalue weighted by molar-refractivity contribution is -0.177. The van der Waals surface area contributed by atoms with E-state index in [0.717, 1.165) is 5.17 Å². The number of hydrogen-bond donors (Lipinski definition) is 3. The normalized spacial score (nSPS) is 33.5.